The number of hydrogen-bond donors (Lipinski definition) is 1. The molecular weight excluding hydrogens is 272 g/mol. The molecule has 0 heterocycles. The van der Waals surface area contributed by atoms with Crippen LogP contribution in [0, 0.1) is 0 Å². The van der Waals surface area contributed by atoms with E-state index in [1.165, 1.54) is 12.1 Å². The highest BCUT2D eigenvalue weighted by Gasteiger charge is 2.31. The Balaban J connectivity index is 2.62. The van der Waals surface area contributed by atoms with E-state index in [4.69, 9.17) is 5.73 Å². The molecule has 1 aromatic rings. The fourth-order valence-electron chi connectivity index (χ4n) is 1.63. The molecule has 0 aromatic heterocycles. The summed E-state index contributed by atoms with van der Waals surface area (Å²) < 4.78 is 73.2. The van der Waals surface area contributed by atoms with Crippen molar-refractivity contribution in [2.24, 2.45) is 5.73 Å². The molecule has 1 atom stereocenters. The van der Waals surface area contributed by atoms with E-state index in [0.29, 0.717) is 0 Å². The van der Waals surface area contributed by atoms with Gasteiger partial charge in [0, 0.05) is 12.5 Å². The third-order valence-corrected chi connectivity index (χ3v) is 2.55. The lowest BCUT2D eigenvalue weighted by molar-refractivity contribution is -0.137. The molecule has 1 unspecified atom stereocenters. The standard InChI is InChI=1S/C12H13F6N/c13-11(14,15)5-4-10(19)7-8-2-1-3-9(6-8)12(16,17)18/h1-3,6,10H,4-5,7,19H2. The van der Waals surface area contributed by atoms with E-state index in [0.717, 1.165) is 12.1 Å². The van der Waals surface area contributed by atoms with Crippen molar-refractivity contribution in [1.82, 2.24) is 0 Å². The molecule has 1 rings (SSSR count). The Hall–Kier alpha value is -1.24. The normalized spacial score (nSPS) is 14.5. The van der Waals surface area contributed by atoms with Crippen LogP contribution in [0.2, 0.25) is 0 Å². The van der Waals surface area contributed by atoms with Gasteiger partial charge in [-0.15, -0.1) is 0 Å². The second kappa shape index (κ2) is 5.81. The van der Waals surface area contributed by atoms with Crippen LogP contribution in [0.1, 0.15) is 24.0 Å². The van der Waals surface area contributed by atoms with Crippen molar-refractivity contribution in [3.8, 4) is 0 Å². The number of alkyl halides is 6. The maximum absolute atomic E-state index is 12.4. The summed E-state index contributed by atoms with van der Waals surface area (Å²) in [6, 6.07) is 3.64. The van der Waals surface area contributed by atoms with Crippen LogP contribution >= 0.6 is 0 Å². The lowest BCUT2D eigenvalue weighted by Crippen LogP contribution is -2.25. The summed E-state index contributed by atoms with van der Waals surface area (Å²) in [5.41, 5.74) is 4.95. The van der Waals surface area contributed by atoms with Gasteiger partial charge in [0.05, 0.1) is 5.56 Å². The summed E-state index contributed by atoms with van der Waals surface area (Å²) >= 11 is 0. The van der Waals surface area contributed by atoms with Gasteiger partial charge in [-0.25, -0.2) is 0 Å². The first-order valence-corrected chi connectivity index (χ1v) is 5.56. The first-order valence-electron chi connectivity index (χ1n) is 5.56. The summed E-state index contributed by atoms with van der Waals surface area (Å²) in [6.45, 7) is 0. The molecule has 0 spiro atoms. The van der Waals surface area contributed by atoms with Crippen molar-refractivity contribution < 1.29 is 26.3 Å². The SMILES string of the molecule is NC(CCC(F)(F)F)Cc1cccc(C(F)(F)F)c1. The third-order valence-electron chi connectivity index (χ3n) is 2.55. The highest BCUT2D eigenvalue weighted by atomic mass is 19.4. The largest absolute Gasteiger partial charge is 0.416 e. The predicted molar refractivity (Wildman–Crippen MR) is 58.4 cm³/mol. The molecule has 0 amide bonds. The molecule has 0 saturated carbocycles. The number of nitrogens with two attached hydrogens (primary N) is 1. The molecule has 2 N–H and O–H groups in total. The average Bonchev–Trinajstić information content (AvgIpc) is 2.25. The maximum Gasteiger partial charge on any atom is 0.416 e. The first-order chi connectivity index (χ1) is 8.58. The van der Waals surface area contributed by atoms with E-state index in [1.807, 2.05) is 0 Å². The molecule has 0 bridgehead atoms. The van der Waals surface area contributed by atoms with Gasteiger partial charge in [-0.3, -0.25) is 0 Å². The Labute approximate surface area is 106 Å². The van der Waals surface area contributed by atoms with Crippen LogP contribution in [-0.4, -0.2) is 12.2 Å². The van der Waals surface area contributed by atoms with Gasteiger partial charge in [0.15, 0.2) is 0 Å². The lowest BCUT2D eigenvalue weighted by atomic mass is 10.0. The molecule has 0 radical (unpaired) electrons. The molecule has 19 heavy (non-hydrogen) atoms. The minimum Gasteiger partial charge on any atom is -0.327 e. The van der Waals surface area contributed by atoms with Gasteiger partial charge in [0.1, 0.15) is 0 Å². The number of rotatable bonds is 4. The van der Waals surface area contributed by atoms with Gasteiger partial charge in [-0.05, 0) is 24.5 Å². The predicted octanol–water partition coefficient (Wildman–Crippen LogP) is 3.92. The highest BCUT2D eigenvalue weighted by Crippen LogP contribution is 2.30. The van der Waals surface area contributed by atoms with Gasteiger partial charge >= 0.3 is 12.4 Å². The van der Waals surface area contributed by atoms with Gasteiger partial charge in [0.2, 0.25) is 0 Å². The molecule has 0 fully saturated rings. The summed E-state index contributed by atoms with van der Waals surface area (Å²) in [5.74, 6) is 0. The van der Waals surface area contributed by atoms with Crippen molar-refractivity contribution in [2.45, 2.75) is 37.7 Å². The minimum atomic E-state index is -4.47. The zero-order valence-corrected chi connectivity index (χ0v) is 9.85. The van der Waals surface area contributed by atoms with Crippen molar-refractivity contribution in [3.63, 3.8) is 0 Å². The minimum absolute atomic E-state index is 0.0139. The van der Waals surface area contributed by atoms with E-state index in [1.54, 1.807) is 0 Å². The molecular formula is C12H13F6N. The molecule has 1 aromatic carbocycles. The van der Waals surface area contributed by atoms with Crippen LogP contribution in [0.25, 0.3) is 0 Å². The van der Waals surface area contributed by atoms with Crippen LogP contribution in [0.5, 0.6) is 0 Å². The van der Waals surface area contributed by atoms with Crippen LogP contribution in [0.15, 0.2) is 24.3 Å². The Kier molecular flexibility index (Phi) is 4.84. The van der Waals surface area contributed by atoms with E-state index < -0.39 is 30.4 Å². The molecule has 0 aliphatic carbocycles. The summed E-state index contributed by atoms with van der Waals surface area (Å²) in [7, 11) is 0. The monoisotopic (exact) mass is 285 g/mol. The third kappa shape index (κ3) is 5.96. The smallest absolute Gasteiger partial charge is 0.327 e. The van der Waals surface area contributed by atoms with Crippen LogP contribution in [-0.2, 0) is 12.6 Å². The highest BCUT2D eigenvalue weighted by molar-refractivity contribution is 5.26. The van der Waals surface area contributed by atoms with Crippen molar-refractivity contribution in [1.29, 1.82) is 0 Å². The number of benzene rings is 1. The van der Waals surface area contributed by atoms with Crippen LogP contribution < -0.4 is 5.73 Å². The molecule has 108 valence electrons. The van der Waals surface area contributed by atoms with E-state index in [-0.39, 0.29) is 18.4 Å². The molecule has 1 nitrogen and oxygen atoms in total. The maximum atomic E-state index is 12.4. The first kappa shape index (κ1) is 15.8. The number of halogens is 6. The van der Waals surface area contributed by atoms with Crippen LogP contribution in [0.4, 0.5) is 26.3 Å². The van der Waals surface area contributed by atoms with Crippen molar-refractivity contribution in [2.75, 3.05) is 0 Å². The Morgan fingerprint density at radius 2 is 1.68 bits per heavy atom. The Morgan fingerprint density at radius 3 is 2.21 bits per heavy atom. The van der Waals surface area contributed by atoms with Gasteiger partial charge in [-0.2, -0.15) is 26.3 Å². The van der Waals surface area contributed by atoms with Crippen LogP contribution in [0.3, 0.4) is 0 Å². The summed E-state index contributed by atoms with van der Waals surface area (Å²) in [4.78, 5) is 0. The van der Waals surface area contributed by atoms with E-state index >= 15 is 0 Å². The lowest BCUT2D eigenvalue weighted by Gasteiger charge is -2.14. The Bertz CT molecular complexity index is 409. The fourth-order valence-corrected chi connectivity index (χ4v) is 1.63. The number of hydrogen-bond acceptors (Lipinski definition) is 1. The average molecular weight is 285 g/mol. The fraction of sp³-hybridized carbons (Fsp3) is 0.500. The van der Waals surface area contributed by atoms with Gasteiger partial charge < -0.3 is 5.73 Å². The molecule has 0 saturated heterocycles. The van der Waals surface area contributed by atoms with Crippen molar-refractivity contribution >= 4 is 0 Å². The Morgan fingerprint density at radius 1 is 1.05 bits per heavy atom. The second-order valence-corrected chi connectivity index (χ2v) is 4.32. The molecule has 0 aliphatic heterocycles. The summed E-state index contributed by atoms with van der Waals surface area (Å²) in [5, 5.41) is 0. The second-order valence-electron chi connectivity index (χ2n) is 4.32. The molecule has 7 heteroatoms. The summed E-state index contributed by atoms with van der Waals surface area (Å²) in [6.07, 6.45) is -10.1. The van der Waals surface area contributed by atoms with E-state index in [2.05, 4.69) is 0 Å². The van der Waals surface area contributed by atoms with Gasteiger partial charge in [0.25, 0.3) is 0 Å². The zero-order valence-electron chi connectivity index (χ0n) is 9.85. The molecule has 0 aliphatic rings. The topological polar surface area (TPSA) is 26.0 Å². The quantitative estimate of drug-likeness (QED) is 0.834. The van der Waals surface area contributed by atoms with E-state index in [9.17, 15) is 26.3 Å². The van der Waals surface area contributed by atoms with Crippen molar-refractivity contribution in [3.05, 3.63) is 35.4 Å². The zero-order chi connectivity index (χ0) is 14.7. The van der Waals surface area contributed by atoms with Gasteiger partial charge in [-0.1, -0.05) is 18.2 Å².